The molecule has 0 unspecified atom stereocenters. The third-order valence-corrected chi connectivity index (χ3v) is 1.76. The van der Waals surface area contributed by atoms with Crippen molar-refractivity contribution in [1.82, 2.24) is 0 Å². The summed E-state index contributed by atoms with van der Waals surface area (Å²) < 4.78 is 0. The first-order valence-electron chi connectivity index (χ1n) is 4.97. The average Bonchev–Trinajstić information content (AvgIpc) is 2.68. The minimum atomic E-state index is 0. The summed E-state index contributed by atoms with van der Waals surface area (Å²) in [7, 11) is 0. The molecule has 1 heteroatoms. The van der Waals surface area contributed by atoms with Gasteiger partial charge in [-0.15, -0.1) is 12.4 Å². The zero-order chi connectivity index (χ0) is 9.90. The first-order chi connectivity index (χ1) is 7.00. The van der Waals surface area contributed by atoms with Gasteiger partial charge in [-0.25, -0.2) is 0 Å². The topological polar surface area (TPSA) is 0 Å². The Labute approximate surface area is 98.5 Å². The highest BCUT2D eigenvalue weighted by Gasteiger charge is 1.71. The van der Waals surface area contributed by atoms with Crippen molar-refractivity contribution in [1.29, 1.82) is 0 Å². The van der Waals surface area contributed by atoms with E-state index in [9.17, 15) is 0 Å². The summed E-state index contributed by atoms with van der Waals surface area (Å²) in [6, 6.07) is 0. The first kappa shape index (κ1) is 13.7. The Bertz CT molecular complexity index is 241. The second-order valence-corrected chi connectivity index (χ2v) is 2.95. The van der Waals surface area contributed by atoms with Gasteiger partial charge in [0.2, 0.25) is 0 Å². The van der Waals surface area contributed by atoms with E-state index in [1.165, 1.54) is 0 Å². The number of hydrogen-bond acceptors (Lipinski definition) is 0. The Hall–Kier alpha value is -1.27. The van der Waals surface area contributed by atoms with Crippen molar-refractivity contribution < 1.29 is 0 Å². The maximum atomic E-state index is 2.12. The lowest BCUT2D eigenvalue weighted by Gasteiger charge is -1.69. The van der Waals surface area contributed by atoms with Crippen molar-refractivity contribution >= 4 is 12.4 Å². The van der Waals surface area contributed by atoms with Crippen LogP contribution in [0.25, 0.3) is 0 Å². The highest BCUT2D eigenvalue weighted by Crippen LogP contribution is 1.92. The van der Waals surface area contributed by atoms with Gasteiger partial charge >= 0.3 is 0 Å². The number of rotatable bonds is 0. The molecule has 0 fully saturated rings. The lowest BCUT2D eigenvalue weighted by molar-refractivity contribution is 1.41. The van der Waals surface area contributed by atoms with Gasteiger partial charge in [-0.3, -0.25) is 0 Å². The predicted octanol–water partition coefficient (Wildman–Crippen LogP) is 4.54. The molecule has 2 rings (SSSR count). The summed E-state index contributed by atoms with van der Waals surface area (Å²) in [6.45, 7) is 0. The number of hydrogen-bond donors (Lipinski definition) is 0. The van der Waals surface area contributed by atoms with Gasteiger partial charge in [-0.1, -0.05) is 72.9 Å². The monoisotopic (exact) mass is 220 g/mol. The van der Waals surface area contributed by atoms with Gasteiger partial charge in [0, 0.05) is 0 Å². The van der Waals surface area contributed by atoms with E-state index < -0.39 is 0 Å². The second-order valence-electron chi connectivity index (χ2n) is 2.95. The van der Waals surface area contributed by atoms with Crippen LogP contribution in [0.2, 0.25) is 0 Å². The van der Waals surface area contributed by atoms with Crippen LogP contribution in [0.15, 0.2) is 72.9 Å². The highest BCUT2D eigenvalue weighted by atomic mass is 35.5. The third kappa shape index (κ3) is 9.04. The molecule has 0 atom stereocenters. The van der Waals surface area contributed by atoms with Crippen molar-refractivity contribution in [3.8, 4) is 0 Å². The SMILES string of the molecule is C1=CC=CCC=C1.C1=CC=CCC=C1.Cl. The minimum Gasteiger partial charge on any atom is -0.147 e. The molecule has 0 aromatic heterocycles. The Balaban J connectivity index is 0.000000245. The van der Waals surface area contributed by atoms with E-state index in [4.69, 9.17) is 0 Å². The summed E-state index contributed by atoms with van der Waals surface area (Å²) in [5, 5.41) is 0. The molecule has 2 aliphatic carbocycles. The third-order valence-electron chi connectivity index (χ3n) is 1.76. The van der Waals surface area contributed by atoms with Gasteiger partial charge in [0.15, 0.2) is 0 Å². The average molecular weight is 221 g/mol. The fraction of sp³-hybridized carbons (Fsp3) is 0.143. The van der Waals surface area contributed by atoms with E-state index in [1.807, 2.05) is 24.3 Å². The lowest BCUT2D eigenvalue weighted by atomic mass is 10.4. The lowest BCUT2D eigenvalue weighted by Crippen LogP contribution is -1.48. The molecule has 0 saturated heterocycles. The largest absolute Gasteiger partial charge is 0.147 e. The maximum absolute atomic E-state index is 2.12. The quantitative estimate of drug-likeness (QED) is 0.562. The van der Waals surface area contributed by atoms with Crippen LogP contribution in [0.5, 0.6) is 0 Å². The van der Waals surface area contributed by atoms with Gasteiger partial charge < -0.3 is 0 Å². The number of halogens is 1. The van der Waals surface area contributed by atoms with E-state index in [-0.39, 0.29) is 12.4 Å². The smallest absolute Gasteiger partial charge is 0.0163 e. The molecule has 2 aliphatic rings. The number of allylic oxidation sites excluding steroid dienone is 12. The molecule has 0 spiro atoms. The normalized spacial score (nSPS) is 16.0. The van der Waals surface area contributed by atoms with E-state index in [0.29, 0.717) is 0 Å². The molecular formula is C14H17Cl. The molecule has 15 heavy (non-hydrogen) atoms. The van der Waals surface area contributed by atoms with Crippen molar-refractivity contribution in [3.05, 3.63) is 72.9 Å². The summed E-state index contributed by atoms with van der Waals surface area (Å²) in [5.41, 5.74) is 0. The van der Waals surface area contributed by atoms with Crippen molar-refractivity contribution in [3.63, 3.8) is 0 Å². The summed E-state index contributed by atoms with van der Waals surface area (Å²) in [4.78, 5) is 0. The molecule has 0 aromatic carbocycles. The summed E-state index contributed by atoms with van der Waals surface area (Å²) >= 11 is 0. The molecule has 0 amide bonds. The first-order valence-corrected chi connectivity index (χ1v) is 4.97. The molecule has 0 bridgehead atoms. The van der Waals surface area contributed by atoms with Crippen LogP contribution in [0, 0.1) is 0 Å². The summed E-state index contributed by atoms with van der Waals surface area (Å²) in [6.07, 6.45) is 27.0. The van der Waals surface area contributed by atoms with E-state index >= 15 is 0 Å². The molecule has 0 N–H and O–H groups in total. The van der Waals surface area contributed by atoms with Gasteiger partial charge in [0.25, 0.3) is 0 Å². The Kier molecular flexibility index (Phi) is 9.89. The molecule has 0 saturated carbocycles. The Morgan fingerprint density at radius 3 is 0.933 bits per heavy atom. The van der Waals surface area contributed by atoms with Crippen molar-refractivity contribution in [2.24, 2.45) is 0 Å². The molecule has 0 aromatic rings. The Morgan fingerprint density at radius 1 is 0.400 bits per heavy atom. The van der Waals surface area contributed by atoms with E-state index in [2.05, 4.69) is 48.6 Å². The maximum Gasteiger partial charge on any atom is -0.0163 e. The van der Waals surface area contributed by atoms with Gasteiger partial charge in [-0.05, 0) is 12.8 Å². The molecule has 80 valence electrons. The minimum absolute atomic E-state index is 0. The molecule has 0 radical (unpaired) electrons. The van der Waals surface area contributed by atoms with Crippen LogP contribution in [0.3, 0.4) is 0 Å². The highest BCUT2D eigenvalue weighted by molar-refractivity contribution is 5.85. The Morgan fingerprint density at radius 2 is 0.667 bits per heavy atom. The molecular weight excluding hydrogens is 204 g/mol. The van der Waals surface area contributed by atoms with Crippen molar-refractivity contribution in [2.45, 2.75) is 12.8 Å². The van der Waals surface area contributed by atoms with Crippen LogP contribution in [0.4, 0.5) is 0 Å². The van der Waals surface area contributed by atoms with Gasteiger partial charge in [-0.2, -0.15) is 0 Å². The molecule has 0 heterocycles. The molecule has 0 aliphatic heterocycles. The second kappa shape index (κ2) is 10.8. The van der Waals surface area contributed by atoms with Crippen LogP contribution in [-0.4, -0.2) is 0 Å². The predicted molar refractivity (Wildman–Crippen MR) is 71.3 cm³/mol. The van der Waals surface area contributed by atoms with Crippen molar-refractivity contribution in [2.75, 3.05) is 0 Å². The van der Waals surface area contributed by atoms with Crippen LogP contribution < -0.4 is 0 Å². The van der Waals surface area contributed by atoms with Gasteiger partial charge in [0.05, 0.1) is 0 Å². The van der Waals surface area contributed by atoms with E-state index in [0.717, 1.165) is 12.8 Å². The van der Waals surface area contributed by atoms with Crippen LogP contribution in [0.1, 0.15) is 12.8 Å². The molecule has 0 nitrogen and oxygen atoms in total. The zero-order valence-corrected chi connectivity index (χ0v) is 9.57. The summed E-state index contributed by atoms with van der Waals surface area (Å²) in [5.74, 6) is 0. The fourth-order valence-corrected chi connectivity index (χ4v) is 1.04. The fourth-order valence-electron chi connectivity index (χ4n) is 1.04. The van der Waals surface area contributed by atoms with Crippen LogP contribution in [-0.2, 0) is 0 Å². The van der Waals surface area contributed by atoms with E-state index in [1.54, 1.807) is 0 Å². The van der Waals surface area contributed by atoms with Crippen LogP contribution >= 0.6 is 12.4 Å². The van der Waals surface area contributed by atoms with Gasteiger partial charge in [0.1, 0.15) is 0 Å². The standard InChI is InChI=1S/2C7H8.ClH/c2*1-2-4-6-7-5-3-1;/h2*1-6H,7H2;1H. The zero-order valence-electron chi connectivity index (χ0n) is 8.75.